The summed E-state index contributed by atoms with van der Waals surface area (Å²) in [4.78, 5) is 23.5. The molecule has 114 valence electrons. The highest BCUT2D eigenvalue weighted by Gasteiger charge is 2.10. The summed E-state index contributed by atoms with van der Waals surface area (Å²) in [6.45, 7) is 5.36. The predicted octanol–water partition coefficient (Wildman–Crippen LogP) is 2.54. The smallest absolute Gasteiger partial charge is 0.408 e. The van der Waals surface area contributed by atoms with Crippen LogP contribution in [0.4, 0.5) is 0 Å². The molecule has 0 saturated carbocycles. The largest absolute Gasteiger partial charge is 0.419 e. The molecule has 0 radical (unpaired) electrons. The van der Waals surface area contributed by atoms with Gasteiger partial charge in [-0.05, 0) is 30.9 Å². The number of oxazole rings is 1. The lowest BCUT2D eigenvalue weighted by atomic mass is 10.1. The van der Waals surface area contributed by atoms with E-state index in [4.69, 9.17) is 4.42 Å². The standard InChI is InChI=1S/C16H22N2O3/c1-12(2)6-5-10-17-15(19)9-11-18-13-7-3-4-8-14(13)21-16(18)20/h3-4,7-8,12H,5-6,9-11H2,1-2H3,(H,17,19). The Morgan fingerprint density at radius 1 is 1.33 bits per heavy atom. The Hall–Kier alpha value is -2.04. The van der Waals surface area contributed by atoms with Crippen LogP contribution in [0.3, 0.4) is 0 Å². The molecule has 21 heavy (non-hydrogen) atoms. The summed E-state index contributed by atoms with van der Waals surface area (Å²) in [5, 5.41) is 2.88. The van der Waals surface area contributed by atoms with E-state index in [1.54, 1.807) is 6.07 Å². The van der Waals surface area contributed by atoms with E-state index in [0.29, 0.717) is 24.6 Å². The molecule has 2 rings (SSSR count). The lowest BCUT2D eigenvalue weighted by Crippen LogP contribution is -2.27. The molecule has 1 amide bonds. The highest BCUT2D eigenvalue weighted by molar-refractivity contribution is 5.76. The lowest BCUT2D eigenvalue weighted by molar-refractivity contribution is -0.121. The Kier molecular flexibility index (Phi) is 5.20. The first kappa shape index (κ1) is 15.4. The van der Waals surface area contributed by atoms with Crippen molar-refractivity contribution in [2.45, 2.75) is 39.7 Å². The fourth-order valence-corrected chi connectivity index (χ4v) is 2.27. The van der Waals surface area contributed by atoms with Crippen molar-refractivity contribution in [3.63, 3.8) is 0 Å². The zero-order chi connectivity index (χ0) is 15.2. The molecular formula is C16H22N2O3. The average Bonchev–Trinajstić information content (AvgIpc) is 2.76. The third-order valence-electron chi connectivity index (χ3n) is 3.42. The van der Waals surface area contributed by atoms with Gasteiger partial charge in [-0.3, -0.25) is 9.36 Å². The molecule has 0 saturated heterocycles. The number of benzene rings is 1. The normalized spacial score (nSPS) is 11.2. The minimum atomic E-state index is -0.413. The number of carbonyl (C=O) groups is 1. The Balaban J connectivity index is 1.86. The molecule has 1 aromatic heterocycles. The van der Waals surface area contributed by atoms with Crippen molar-refractivity contribution in [2.24, 2.45) is 5.92 Å². The number of hydrogen-bond donors (Lipinski definition) is 1. The van der Waals surface area contributed by atoms with Crippen molar-refractivity contribution in [3.8, 4) is 0 Å². The quantitative estimate of drug-likeness (QED) is 0.797. The number of nitrogens with zero attached hydrogens (tertiary/aromatic N) is 1. The molecule has 0 aliphatic heterocycles. The molecule has 0 aliphatic rings. The van der Waals surface area contributed by atoms with Crippen LogP contribution < -0.4 is 11.1 Å². The molecule has 0 atom stereocenters. The Morgan fingerprint density at radius 3 is 2.86 bits per heavy atom. The van der Waals surface area contributed by atoms with E-state index in [1.807, 2.05) is 18.2 Å². The fourth-order valence-electron chi connectivity index (χ4n) is 2.27. The van der Waals surface area contributed by atoms with E-state index in [2.05, 4.69) is 19.2 Å². The van der Waals surface area contributed by atoms with Crippen LogP contribution in [0, 0.1) is 5.92 Å². The van der Waals surface area contributed by atoms with Crippen LogP contribution in [-0.2, 0) is 11.3 Å². The average molecular weight is 290 g/mol. The summed E-state index contributed by atoms with van der Waals surface area (Å²) in [6.07, 6.45) is 2.37. The summed E-state index contributed by atoms with van der Waals surface area (Å²) in [7, 11) is 0. The van der Waals surface area contributed by atoms with Crippen molar-refractivity contribution in [1.82, 2.24) is 9.88 Å². The molecule has 1 N–H and O–H groups in total. The van der Waals surface area contributed by atoms with E-state index in [-0.39, 0.29) is 12.3 Å². The van der Waals surface area contributed by atoms with Gasteiger partial charge in [0.25, 0.3) is 0 Å². The first-order valence-corrected chi connectivity index (χ1v) is 7.43. The second-order valence-electron chi connectivity index (χ2n) is 5.62. The van der Waals surface area contributed by atoms with Gasteiger partial charge in [0.2, 0.25) is 5.91 Å². The van der Waals surface area contributed by atoms with Gasteiger partial charge < -0.3 is 9.73 Å². The summed E-state index contributed by atoms with van der Waals surface area (Å²) in [6, 6.07) is 7.23. The van der Waals surface area contributed by atoms with Crippen LogP contribution in [0.2, 0.25) is 0 Å². The second-order valence-corrected chi connectivity index (χ2v) is 5.62. The molecule has 0 unspecified atom stereocenters. The number of para-hydroxylation sites is 2. The summed E-state index contributed by atoms with van der Waals surface area (Å²) in [5.74, 6) is 0.206. The monoisotopic (exact) mass is 290 g/mol. The van der Waals surface area contributed by atoms with E-state index < -0.39 is 5.76 Å². The molecular weight excluding hydrogens is 268 g/mol. The van der Waals surface area contributed by atoms with Gasteiger partial charge in [-0.2, -0.15) is 0 Å². The van der Waals surface area contributed by atoms with Gasteiger partial charge in [0, 0.05) is 19.5 Å². The molecule has 1 aromatic carbocycles. The topological polar surface area (TPSA) is 64.2 Å². The van der Waals surface area contributed by atoms with E-state index in [1.165, 1.54) is 4.57 Å². The highest BCUT2D eigenvalue weighted by Crippen LogP contribution is 2.11. The summed E-state index contributed by atoms with van der Waals surface area (Å²) in [5.41, 5.74) is 1.29. The number of aryl methyl sites for hydroxylation is 1. The number of fused-ring (bicyclic) bond motifs is 1. The molecule has 5 nitrogen and oxygen atoms in total. The molecule has 1 heterocycles. The first-order valence-electron chi connectivity index (χ1n) is 7.43. The molecule has 5 heteroatoms. The fraction of sp³-hybridized carbons (Fsp3) is 0.500. The molecule has 0 spiro atoms. The molecule has 0 fully saturated rings. The summed E-state index contributed by atoms with van der Waals surface area (Å²) < 4.78 is 6.63. The molecule has 2 aromatic rings. The van der Waals surface area contributed by atoms with Crippen LogP contribution in [0.15, 0.2) is 33.5 Å². The molecule has 0 bridgehead atoms. The van der Waals surface area contributed by atoms with Gasteiger partial charge in [0.05, 0.1) is 5.52 Å². The molecule has 0 aliphatic carbocycles. The number of carbonyl (C=O) groups excluding carboxylic acids is 1. The van der Waals surface area contributed by atoms with Gasteiger partial charge in [0.15, 0.2) is 5.58 Å². The van der Waals surface area contributed by atoms with Crippen molar-refractivity contribution in [2.75, 3.05) is 6.54 Å². The number of aromatic nitrogens is 1. The lowest BCUT2D eigenvalue weighted by Gasteiger charge is -2.07. The van der Waals surface area contributed by atoms with Crippen LogP contribution in [-0.4, -0.2) is 17.0 Å². The number of amides is 1. The highest BCUT2D eigenvalue weighted by atomic mass is 16.4. The minimum absolute atomic E-state index is 0.0315. The van der Waals surface area contributed by atoms with Crippen LogP contribution in [0.1, 0.15) is 33.1 Å². The Morgan fingerprint density at radius 2 is 2.10 bits per heavy atom. The number of hydrogen-bond acceptors (Lipinski definition) is 3. The maximum Gasteiger partial charge on any atom is 0.419 e. The third-order valence-corrected chi connectivity index (χ3v) is 3.42. The Bertz CT molecular complexity index is 655. The number of rotatable bonds is 7. The second kappa shape index (κ2) is 7.11. The van der Waals surface area contributed by atoms with Crippen molar-refractivity contribution < 1.29 is 9.21 Å². The van der Waals surface area contributed by atoms with Gasteiger partial charge >= 0.3 is 5.76 Å². The number of nitrogens with one attached hydrogen (secondary N) is 1. The van der Waals surface area contributed by atoms with Gasteiger partial charge in [-0.1, -0.05) is 26.0 Å². The van der Waals surface area contributed by atoms with Gasteiger partial charge in [0.1, 0.15) is 0 Å². The van der Waals surface area contributed by atoms with Crippen LogP contribution in [0.5, 0.6) is 0 Å². The zero-order valence-electron chi connectivity index (χ0n) is 12.6. The van der Waals surface area contributed by atoms with Crippen LogP contribution in [0.25, 0.3) is 11.1 Å². The summed E-state index contributed by atoms with van der Waals surface area (Å²) >= 11 is 0. The van der Waals surface area contributed by atoms with E-state index in [0.717, 1.165) is 18.4 Å². The zero-order valence-corrected chi connectivity index (χ0v) is 12.6. The van der Waals surface area contributed by atoms with Gasteiger partial charge in [-0.25, -0.2) is 4.79 Å². The predicted molar refractivity (Wildman–Crippen MR) is 82.2 cm³/mol. The van der Waals surface area contributed by atoms with Crippen molar-refractivity contribution in [3.05, 3.63) is 34.8 Å². The first-order chi connectivity index (χ1) is 10.1. The maximum atomic E-state index is 11.8. The van der Waals surface area contributed by atoms with E-state index >= 15 is 0 Å². The maximum absolute atomic E-state index is 11.8. The van der Waals surface area contributed by atoms with E-state index in [9.17, 15) is 9.59 Å². The SMILES string of the molecule is CC(C)CCCNC(=O)CCn1c(=O)oc2ccccc21. The third kappa shape index (κ3) is 4.21. The Labute approximate surface area is 123 Å². The van der Waals surface area contributed by atoms with Crippen molar-refractivity contribution >= 4 is 17.0 Å². The van der Waals surface area contributed by atoms with Gasteiger partial charge in [-0.15, -0.1) is 0 Å². The van der Waals surface area contributed by atoms with Crippen LogP contribution >= 0.6 is 0 Å². The van der Waals surface area contributed by atoms with Crippen molar-refractivity contribution in [1.29, 1.82) is 0 Å². The minimum Gasteiger partial charge on any atom is -0.408 e.